The molecule has 2 aromatic rings. The molecule has 0 atom stereocenters. The molecule has 0 heterocycles. The fourth-order valence-electron chi connectivity index (χ4n) is 1.98. The number of benzene rings is 2. The van der Waals surface area contributed by atoms with Crippen molar-refractivity contribution in [3.63, 3.8) is 0 Å². The molecule has 2 rings (SSSR count). The first kappa shape index (κ1) is 16.2. The molecule has 6 heteroatoms. The van der Waals surface area contributed by atoms with Gasteiger partial charge in [-0.2, -0.15) is 0 Å². The monoisotopic (exact) mass is 312 g/mol. The second kappa shape index (κ2) is 7.22. The molecule has 0 aromatic heterocycles. The zero-order valence-corrected chi connectivity index (χ0v) is 12.8. The molecule has 0 saturated carbocycles. The smallest absolute Gasteiger partial charge is 0.273 e. The highest BCUT2D eigenvalue weighted by molar-refractivity contribution is 6.07. The van der Waals surface area contributed by atoms with E-state index in [4.69, 9.17) is 4.74 Å². The summed E-state index contributed by atoms with van der Waals surface area (Å²) in [5.41, 5.74) is 1.70. The molecule has 0 radical (unpaired) electrons. The predicted molar refractivity (Wildman–Crippen MR) is 88.4 cm³/mol. The van der Waals surface area contributed by atoms with Crippen LogP contribution in [0.4, 0.5) is 11.4 Å². The van der Waals surface area contributed by atoms with Crippen LogP contribution < -0.4 is 10.1 Å². The SMILES string of the molecule is COc1cc([N+](=O)[O-])ccc1NC(=O)/C(C)=C\c1ccccc1. The van der Waals surface area contributed by atoms with Crippen molar-refractivity contribution in [1.82, 2.24) is 0 Å². The van der Waals surface area contributed by atoms with Crippen LogP contribution in [0, 0.1) is 10.1 Å². The molecule has 0 bridgehead atoms. The van der Waals surface area contributed by atoms with E-state index in [1.165, 1.54) is 25.3 Å². The van der Waals surface area contributed by atoms with E-state index >= 15 is 0 Å². The van der Waals surface area contributed by atoms with Gasteiger partial charge in [0.2, 0.25) is 0 Å². The summed E-state index contributed by atoms with van der Waals surface area (Å²) in [6, 6.07) is 13.5. The minimum Gasteiger partial charge on any atom is -0.494 e. The lowest BCUT2D eigenvalue weighted by Crippen LogP contribution is -2.13. The van der Waals surface area contributed by atoms with Gasteiger partial charge in [0.15, 0.2) is 0 Å². The number of amides is 1. The van der Waals surface area contributed by atoms with Gasteiger partial charge in [0.1, 0.15) is 5.75 Å². The topological polar surface area (TPSA) is 81.5 Å². The van der Waals surface area contributed by atoms with Gasteiger partial charge in [-0.3, -0.25) is 14.9 Å². The fraction of sp³-hybridized carbons (Fsp3) is 0.118. The van der Waals surface area contributed by atoms with Crippen LogP contribution in [0.1, 0.15) is 12.5 Å². The number of non-ortho nitro benzene ring substituents is 1. The molecular weight excluding hydrogens is 296 g/mol. The average Bonchev–Trinajstić information content (AvgIpc) is 2.55. The van der Waals surface area contributed by atoms with E-state index < -0.39 is 4.92 Å². The number of nitrogens with zero attached hydrogens (tertiary/aromatic N) is 1. The van der Waals surface area contributed by atoms with E-state index in [0.717, 1.165) is 5.56 Å². The number of nitro groups is 1. The highest BCUT2D eigenvalue weighted by Crippen LogP contribution is 2.29. The van der Waals surface area contributed by atoms with E-state index in [0.29, 0.717) is 11.3 Å². The first-order chi connectivity index (χ1) is 11.0. The van der Waals surface area contributed by atoms with Gasteiger partial charge in [0.25, 0.3) is 11.6 Å². The second-order valence-electron chi connectivity index (χ2n) is 4.83. The summed E-state index contributed by atoms with van der Waals surface area (Å²) in [4.78, 5) is 22.5. The lowest BCUT2D eigenvalue weighted by molar-refractivity contribution is -0.384. The number of methoxy groups -OCH3 is 1. The molecule has 0 spiro atoms. The van der Waals surface area contributed by atoms with Crippen LogP contribution in [0.25, 0.3) is 6.08 Å². The Hall–Kier alpha value is -3.15. The first-order valence-electron chi connectivity index (χ1n) is 6.88. The maximum absolute atomic E-state index is 12.2. The Morgan fingerprint density at radius 1 is 1.22 bits per heavy atom. The van der Waals surface area contributed by atoms with E-state index in [1.54, 1.807) is 13.0 Å². The Labute approximate surface area is 133 Å². The van der Waals surface area contributed by atoms with Crippen molar-refractivity contribution in [3.05, 3.63) is 69.8 Å². The predicted octanol–water partition coefficient (Wildman–Crippen LogP) is 3.65. The molecule has 6 nitrogen and oxygen atoms in total. The van der Waals surface area contributed by atoms with Crippen LogP contribution in [-0.2, 0) is 4.79 Å². The third-order valence-electron chi connectivity index (χ3n) is 3.19. The molecule has 0 aliphatic heterocycles. The number of anilines is 1. The van der Waals surface area contributed by atoms with Gasteiger partial charge in [-0.25, -0.2) is 0 Å². The molecule has 0 aliphatic carbocycles. The fourth-order valence-corrected chi connectivity index (χ4v) is 1.98. The molecule has 0 saturated heterocycles. The van der Waals surface area contributed by atoms with Crippen molar-refractivity contribution in [2.75, 3.05) is 12.4 Å². The summed E-state index contributed by atoms with van der Waals surface area (Å²) in [5.74, 6) is -0.0685. The van der Waals surface area contributed by atoms with Gasteiger partial charge < -0.3 is 10.1 Å². The summed E-state index contributed by atoms with van der Waals surface area (Å²) in [5, 5.41) is 13.5. The number of carbonyl (C=O) groups excluding carboxylic acids is 1. The normalized spacial score (nSPS) is 11.0. The summed E-state index contributed by atoms with van der Waals surface area (Å²) < 4.78 is 5.10. The second-order valence-corrected chi connectivity index (χ2v) is 4.83. The number of nitro benzene ring substituents is 1. The molecule has 2 aromatic carbocycles. The molecule has 0 fully saturated rings. The van der Waals surface area contributed by atoms with Gasteiger partial charge >= 0.3 is 0 Å². The highest BCUT2D eigenvalue weighted by atomic mass is 16.6. The number of carbonyl (C=O) groups is 1. The van der Waals surface area contributed by atoms with Crippen LogP contribution >= 0.6 is 0 Å². The molecule has 1 amide bonds. The standard InChI is InChI=1S/C17H16N2O4/c1-12(10-13-6-4-3-5-7-13)17(20)18-15-9-8-14(19(21)22)11-16(15)23-2/h3-11H,1-2H3,(H,18,20)/b12-10-. The van der Waals surface area contributed by atoms with Gasteiger partial charge in [-0.15, -0.1) is 0 Å². The van der Waals surface area contributed by atoms with Crippen molar-refractivity contribution in [1.29, 1.82) is 0 Å². The zero-order chi connectivity index (χ0) is 16.8. The Morgan fingerprint density at radius 3 is 2.52 bits per heavy atom. The Bertz CT molecular complexity index is 754. The molecule has 1 N–H and O–H groups in total. The summed E-state index contributed by atoms with van der Waals surface area (Å²) in [6.45, 7) is 1.69. The maximum Gasteiger partial charge on any atom is 0.273 e. The van der Waals surface area contributed by atoms with Crippen LogP contribution in [0.15, 0.2) is 54.1 Å². The van der Waals surface area contributed by atoms with Crippen molar-refractivity contribution in [2.45, 2.75) is 6.92 Å². The Balaban J connectivity index is 2.20. The average molecular weight is 312 g/mol. The van der Waals surface area contributed by atoms with Gasteiger partial charge in [-0.1, -0.05) is 30.3 Å². The molecular formula is C17H16N2O4. The zero-order valence-electron chi connectivity index (χ0n) is 12.8. The van der Waals surface area contributed by atoms with E-state index in [9.17, 15) is 14.9 Å². The van der Waals surface area contributed by atoms with E-state index in [-0.39, 0.29) is 17.3 Å². The van der Waals surface area contributed by atoms with Gasteiger partial charge in [0.05, 0.1) is 23.8 Å². The third kappa shape index (κ3) is 4.16. The van der Waals surface area contributed by atoms with E-state index in [1.807, 2.05) is 30.3 Å². The largest absolute Gasteiger partial charge is 0.494 e. The van der Waals surface area contributed by atoms with Crippen LogP contribution in [0.2, 0.25) is 0 Å². The minimum absolute atomic E-state index is 0.101. The lowest BCUT2D eigenvalue weighted by Gasteiger charge is -2.10. The van der Waals surface area contributed by atoms with Crippen LogP contribution in [0.5, 0.6) is 5.75 Å². The molecule has 0 aliphatic rings. The Kier molecular flexibility index (Phi) is 5.09. The highest BCUT2D eigenvalue weighted by Gasteiger charge is 2.14. The van der Waals surface area contributed by atoms with Gasteiger partial charge in [0, 0.05) is 11.6 Å². The lowest BCUT2D eigenvalue weighted by atomic mass is 10.1. The third-order valence-corrected chi connectivity index (χ3v) is 3.19. The van der Waals surface area contributed by atoms with Crippen molar-refractivity contribution >= 4 is 23.4 Å². The number of hydrogen-bond donors (Lipinski definition) is 1. The summed E-state index contributed by atoms with van der Waals surface area (Å²) >= 11 is 0. The Morgan fingerprint density at radius 2 is 1.91 bits per heavy atom. The van der Waals surface area contributed by atoms with Crippen molar-refractivity contribution in [3.8, 4) is 5.75 Å². The quantitative estimate of drug-likeness (QED) is 0.519. The summed E-state index contributed by atoms with van der Waals surface area (Å²) in [7, 11) is 1.39. The van der Waals surface area contributed by atoms with Crippen molar-refractivity contribution < 1.29 is 14.5 Å². The number of ether oxygens (including phenoxy) is 1. The summed E-state index contributed by atoms with van der Waals surface area (Å²) in [6.07, 6.45) is 1.76. The van der Waals surface area contributed by atoms with Crippen molar-refractivity contribution in [2.24, 2.45) is 0 Å². The molecule has 118 valence electrons. The molecule has 23 heavy (non-hydrogen) atoms. The maximum atomic E-state index is 12.2. The molecule has 0 unspecified atom stereocenters. The van der Waals surface area contributed by atoms with Crippen LogP contribution in [-0.4, -0.2) is 17.9 Å². The van der Waals surface area contributed by atoms with Crippen LogP contribution in [0.3, 0.4) is 0 Å². The number of hydrogen-bond acceptors (Lipinski definition) is 4. The number of rotatable bonds is 5. The van der Waals surface area contributed by atoms with Gasteiger partial charge in [-0.05, 0) is 24.6 Å². The van der Waals surface area contributed by atoms with E-state index in [2.05, 4.69) is 5.32 Å². The number of nitrogens with one attached hydrogen (secondary N) is 1. The minimum atomic E-state index is -0.519. The first-order valence-corrected chi connectivity index (χ1v) is 6.88.